The maximum Gasteiger partial charge on any atom is 0.326 e. The van der Waals surface area contributed by atoms with Crippen molar-refractivity contribution in [3.8, 4) is 0 Å². The molecule has 0 radical (unpaired) electrons. The van der Waals surface area contributed by atoms with E-state index in [9.17, 15) is 29.1 Å². The largest absolute Gasteiger partial charge is 0.480 e. The van der Waals surface area contributed by atoms with Gasteiger partial charge in [-0.2, -0.15) is 0 Å². The number of rotatable bonds is 20. The maximum atomic E-state index is 13.4. The van der Waals surface area contributed by atoms with Crippen molar-refractivity contribution >= 4 is 35.6 Å². The molecule has 0 heterocycles. The summed E-state index contributed by atoms with van der Waals surface area (Å²) in [6.45, 7) is 5.50. The van der Waals surface area contributed by atoms with Crippen molar-refractivity contribution in [3.05, 3.63) is 35.9 Å². The summed E-state index contributed by atoms with van der Waals surface area (Å²) in [4.78, 5) is 67.8. The molecule has 0 saturated heterocycles. The average Bonchev–Trinajstić information content (AvgIpc) is 2.96. The quantitative estimate of drug-likeness (QED) is 0.0460. The Morgan fingerprint density at radius 2 is 1.43 bits per heavy atom. The van der Waals surface area contributed by atoms with E-state index in [2.05, 4.69) is 26.3 Å². The van der Waals surface area contributed by atoms with E-state index >= 15 is 0 Å². The third kappa shape index (κ3) is 14.3. The number of carboxylic acid groups (broad SMARTS) is 1. The third-order valence-electron chi connectivity index (χ3n) is 6.78. The highest BCUT2D eigenvalue weighted by Crippen LogP contribution is 2.09. The van der Waals surface area contributed by atoms with E-state index in [0.29, 0.717) is 37.8 Å². The molecule has 1 aromatic carbocycles. The summed E-state index contributed by atoms with van der Waals surface area (Å²) < 4.78 is 0. The second-order valence-corrected chi connectivity index (χ2v) is 11.0. The second kappa shape index (κ2) is 19.9. The van der Waals surface area contributed by atoms with Crippen LogP contribution in [0.15, 0.2) is 35.3 Å². The number of benzene rings is 1. The van der Waals surface area contributed by atoms with Crippen molar-refractivity contribution in [2.75, 3.05) is 13.1 Å². The van der Waals surface area contributed by atoms with Crippen molar-refractivity contribution in [2.24, 2.45) is 33.8 Å². The first-order valence-corrected chi connectivity index (χ1v) is 14.8. The number of hydrogen-bond donors (Lipinski definition) is 9. The number of carboxylic acids is 1. The summed E-state index contributed by atoms with van der Waals surface area (Å²) in [6, 6.07) is 3.51. The number of nitrogens with two attached hydrogens (primary N) is 4. The molecule has 0 bridgehead atoms. The molecule has 4 amide bonds. The lowest BCUT2D eigenvalue weighted by atomic mass is 10.0. The topological polar surface area (TPSA) is 270 Å². The van der Waals surface area contributed by atoms with Crippen molar-refractivity contribution in [1.29, 1.82) is 0 Å². The minimum absolute atomic E-state index is 0.0461. The van der Waals surface area contributed by atoms with Gasteiger partial charge in [-0.15, -0.1) is 0 Å². The van der Waals surface area contributed by atoms with Crippen LogP contribution in [-0.4, -0.2) is 84.0 Å². The van der Waals surface area contributed by atoms with Gasteiger partial charge in [-0.1, -0.05) is 50.6 Å². The summed E-state index contributed by atoms with van der Waals surface area (Å²) in [5.41, 5.74) is 22.9. The molecule has 1 rings (SSSR count). The van der Waals surface area contributed by atoms with Crippen LogP contribution < -0.4 is 44.2 Å². The van der Waals surface area contributed by atoms with Gasteiger partial charge in [0.05, 0.1) is 6.04 Å². The molecule has 0 aliphatic rings. The molecule has 5 unspecified atom stereocenters. The Morgan fingerprint density at radius 1 is 0.795 bits per heavy atom. The number of nitrogens with zero attached hydrogens (tertiary/aromatic N) is 1. The molecule has 44 heavy (non-hydrogen) atoms. The molecule has 13 N–H and O–H groups in total. The summed E-state index contributed by atoms with van der Waals surface area (Å²) in [6.07, 6.45) is 2.23. The van der Waals surface area contributed by atoms with E-state index in [4.69, 9.17) is 22.9 Å². The first-order chi connectivity index (χ1) is 20.8. The zero-order valence-electron chi connectivity index (χ0n) is 25.8. The van der Waals surface area contributed by atoms with Crippen LogP contribution >= 0.6 is 0 Å². The van der Waals surface area contributed by atoms with Crippen LogP contribution in [0, 0.1) is 5.92 Å². The molecule has 0 spiro atoms. The van der Waals surface area contributed by atoms with Gasteiger partial charge in [-0.3, -0.25) is 24.2 Å². The van der Waals surface area contributed by atoms with Crippen LogP contribution in [-0.2, 0) is 30.4 Å². The number of nitrogens with one attached hydrogen (secondary N) is 4. The fourth-order valence-corrected chi connectivity index (χ4v) is 4.19. The molecule has 0 fully saturated rings. The van der Waals surface area contributed by atoms with Gasteiger partial charge in [-0.25, -0.2) is 4.79 Å². The first-order valence-electron chi connectivity index (χ1n) is 14.8. The molecular formula is C29H49N9O6. The lowest BCUT2D eigenvalue weighted by molar-refractivity contribution is -0.142. The summed E-state index contributed by atoms with van der Waals surface area (Å²) >= 11 is 0. The van der Waals surface area contributed by atoms with Crippen molar-refractivity contribution in [2.45, 2.75) is 89.5 Å². The Kier molecular flexibility index (Phi) is 17.0. The Morgan fingerprint density at radius 3 is 2.00 bits per heavy atom. The van der Waals surface area contributed by atoms with E-state index in [0.717, 1.165) is 0 Å². The van der Waals surface area contributed by atoms with Gasteiger partial charge in [0.1, 0.15) is 24.2 Å². The first kappa shape index (κ1) is 37.8. The Hall–Kier alpha value is -4.24. The Bertz CT molecular complexity index is 1110. The van der Waals surface area contributed by atoms with Crippen LogP contribution in [0.5, 0.6) is 0 Å². The molecule has 0 aliphatic carbocycles. The van der Waals surface area contributed by atoms with E-state index in [1.54, 1.807) is 44.2 Å². The van der Waals surface area contributed by atoms with Gasteiger partial charge in [0.15, 0.2) is 5.96 Å². The second-order valence-electron chi connectivity index (χ2n) is 11.0. The van der Waals surface area contributed by atoms with Gasteiger partial charge < -0.3 is 49.3 Å². The van der Waals surface area contributed by atoms with Crippen molar-refractivity contribution in [1.82, 2.24) is 21.3 Å². The number of guanidine groups is 1. The van der Waals surface area contributed by atoms with Crippen molar-refractivity contribution < 1.29 is 29.1 Å². The number of amides is 4. The summed E-state index contributed by atoms with van der Waals surface area (Å²) in [5.74, 6) is -4.31. The molecule has 246 valence electrons. The third-order valence-corrected chi connectivity index (χ3v) is 6.78. The van der Waals surface area contributed by atoms with Crippen LogP contribution in [0.3, 0.4) is 0 Å². The van der Waals surface area contributed by atoms with Crippen molar-refractivity contribution in [3.63, 3.8) is 0 Å². The molecule has 1 aromatic rings. The molecule has 15 heteroatoms. The number of carbonyl (C=O) groups is 5. The number of unbranched alkanes of at least 4 members (excludes halogenated alkanes) is 1. The smallest absolute Gasteiger partial charge is 0.326 e. The number of hydrogen-bond acceptors (Lipinski definition) is 8. The minimum atomic E-state index is -1.23. The lowest BCUT2D eigenvalue weighted by Gasteiger charge is -2.27. The van der Waals surface area contributed by atoms with Crippen LogP contribution in [0.4, 0.5) is 0 Å². The van der Waals surface area contributed by atoms with Crippen LogP contribution in [0.25, 0.3) is 0 Å². The van der Waals surface area contributed by atoms with Gasteiger partial charge in [-0.05, 0) is 50.6 Å². The number of aliphatic imine (C=N–C) groups is 1. The van der Waals surface area contributed by atoms with Crippen LogP contribution in [0.2, 0.25) is 0 Å². The molecule has 15 nitrogen and oxygen atoms in total. The van der Waals surface area contributed by atoms with Gasteiger partial charge in [0.2, 0.25) is 23.6 Å². The SMILES string of the molecule is CC(NC(=O)C(N)CCCCN)C(=O)NC(CCCN=C(N)N)C(=O)NC(C(=O)NC(Cc1ccccc1)C(=O)O)C(C)C. The van der Waals surface area contributed by atoms with E-state index < -0.39 is 65.7 Å². The highest BCUT2D eigenvalue weighted by Gasteiger charge is 2.32. The highest BCUT2D eigenvalue weighted by atomic mass is 16.4. The molecule has 0 aromatic heterocycles. The molecule has 5 atom stereocenters. The molecular weight excluding hydrogens is 570 g/mol. The predicted molar refractivity (Wildman–Crippen MR) is 167 cm³/mol. The lowest BCUT2D eigenvalue weighted by Crippen LogP contribution is -2.59. The highest BCUT2D eigenvalue weighted by molar-refractivity contribution is 5.95. The van der Waals surface area contributed by atoms with E-state index in [-0.39, 0.29) is 25.3 Å². The van der Waals surface area contributed by atoms with Gasteiger partial charge in [0, 0.05) is 13.0 Å². The Balaban J connectivity index is 2.99. The number of carbonyl (C=O) groups excluding carboxylic acids is 4. The fraction of sp³-hybridized carbons (Fsp3) is 0.586. The predicted octanol–water partition coefficient (Wildman–Crippen LogP) is -1.56. The summed E-state index contributed by atoms with van der Waals surface area (Å²) in [7, 11) is 0. The standard InChI is InChI=1S/C29H49N9O6/c1-17(2)23(27(42)37-22(28(43)44)16-19-10-5-4-6-11-19)38-26(41)21(13-9-15-34-29(32)33)36-24(39)18(3)35-25(40)20(31)12-7-8-14-30/h4-6,10-11,17-18,20-23H,7-9,12-16,30-31H2,1-3H3,(H,35,40)(H,36,39)(H,37,42)(H,38,41)(H,43,44)(H4,32,33,34). The average molecular weight is 620 g/mol. The fourth-order valence-electron chi connectivity index (χ4n) is 4.19. The minimum Gasteiger partial charge on any atom is -0.480 e. The zero-order chi connectivity index (χ0) is 33.2. The molecule has 0 saturated carbocycles. The summed E-state index contributed by atoms with van der Waals surface area (Å²) in [5, 5.41) is 20.0. The van der Waals surface area contributed by atoms with Gasteiger partial charge in [0.25, 0.3) is 0 Å². The van der Waals surface area contributed by atoms with Crippen LogP contribution in [0.1, 0.15) is 58.4 Å². The normalized spacial score (nSPS) is 14.3. The zero-order valence-corrected chi connectivity index (χ0v) is 25.8. The van der Waals surface area contributed by atoms with Gasteiger partial charge >= 0.3 is 5.97 Å². The number of aliphatic carboxylic acids is 1. The Labute approximate surface area is 258 Å². The van der Waals surface area contributed by atoms with E-state index in [1.807, 2.05) is 0 Å². The van der Waals surface area contributed by atoms with E-state index in [1.165, 1.54) is 6.92 Å². The monoisotopic (exact) mass is 619 g/mol. The maximum absolute atomic E-state index is 13.4. The molecule has 0 aliphatic heterocycles.